The fraction of sp³-hybridized carbons (Fsp3) is 0.300. The van der Waals surface area contributed by atoms with E-state index in [1.807, 2.05) is 14.1 Å². The number of aliphatic hydroxyl groups excluding tert-OH is 1. The van der Waals surface area contributed by atoms with Crippen LogP contribution in [0.3, 0.4) is 0 Å². The summed E-state index contributed by atoms with van der Waals surface area (Å²) in [6, 6.07) is 8.32. The molecule has 0 spiro atoms. The van der Waals surface area contributed by atoms with Gasteiger partial charge in [-0.15, -0.1) is 11.3 Å². The molecule has 1 aliphatic rings. The normalized spacial score (nSPS) is 16.7. The fourth-order valence-corrected chi connectivity index (χ4v) is 4.06. The van der Waals surface area contributed by atoms with Crippen molar-refractivity contribution >= 4 is 28.7 Å². The largest absolute Gasteiger partial charge is 0.503 e. The molecule has 2 aromatic rings. The van der Waals surface area contributed by atoms with E-state index in [1.165, 1.54) is 45.4 Å². The van der Waals surface area contributed by atoms with Crippen molar-refractivity contribution in [1.82, 2.24) is 4.90 Å². The summed E-state index contributed by atoms with van der Waals surface area (Å²) >= 11 is 1.23. The van der Waals surface area contributed by atoms with Gasteiger partial charge in [-0.2, -0.15) is 0 Å². The summed E-state index contributed by atoms with van der Waals surface area (Å²) in [4.78, 5) is 39.4. The second kappa shape index (κ2) is 8.54. The third-order valence-corrected chi connectivity index (χ3v) is 5.66. The zero-order chi connectivity index (χ0) is 21.1. The number of hydrogen-bond donors (Lipinski definition) is 2. The number of thiophene rings is 1. The molecule has 2 heterocycles. The van der Waals surface area contributed by atoms with E-state index < -0.39 is 28.4 Å². The van der Waals surface area contributed by atoms with Crippen LogP contribution in [0.5, 0.6) is 0 Å². The van der Waals surface area contributed by atoms with Crippen molar-refractivity contribution in [3.8, 4) is 0 Å². The Hall–Kier alpha value is -3.04. The Balaban J connectivity index is 2.00. The minimum absolute atomic E-state index is 0.0171. The number of nitro benzene ring substituents is 1. The van der Waals surface area contributed by atoms with Gasteiger partial charge >= 0.3 is 0 Å². The summed E-state index contributed by atoms with van der Waals surface area (Å²) in [5.74, 6) is -1.55. The number of nitrogens with one attached hydrogen (secondary N) is 1. The quantitative estimate of drug-likeness (QED) is 0.388. The number of rotatable bonds is 8. The van der Waals surface area contributed by atoms with Gasteiger partial charge in [-0.1, -0.05) is 6.07 Å². The lowest BCUT2D eigenvalue weighted by Gasteiger charge is -2.26. The standard InChI is InChI=1S/C20H21N3O5S/c1-21(2)10-4-11-22-17(13-6-8-14(9-7-13)23(27)28)16(19(25)20(22)26)18(24)15-5-3-12-29-15/h3,5-9,12,17,25H,4,10-11H2,1-2H3/p+1/t17-/m1/s1. The Bertz CT molecular complexity index is 951. The molecule has 29 heavy (non-hydrogen) atoms. The summed E-state index contributed by atoms with van der Waals surface area (Å²) < 4.78 is 0. The molecule has 1 atom stereocenters. The minimum Gasteiger partial charge on any atom is -0.503 e. The number of non-ortho nitro benzene ring substituents is 1. The molecule has 1 aromatic carbocycles. The summed E-state index contributed by atoms with van der Waals surface area (Å²) in [6.45, 7) is 1.17. The maximum absolute atomic E-state index is 13.1. The molecule has 2 N–H and O–H groups in total. The van der Waals surface area contributed by atoms with Gasteiger partial charge in [0.1, 0.15) is 0 Å². The van der Waals surface area contributed by atoms with Gasteiger partial charge in [0.2, 0.25) is 5.78 Å². The predicted molar refractivity (Wildman–Crippen MR) is 108 cm³/mol. The first kappa shape index (κ1) is 20.7. The molecule has 0 saturated carbocycles. The molecule has 1 aromatic heterocycles. The van der Waals surface area contributed by atoms with Crippen LogP contribution in [-0.4, -0.2) is 53.8 Å². The third-order valence-electron chi connectivity index (χ3n) is 4.79. The van der Waals surface area contributed by atoms with E-state index in [0.29, 0.717) is 23.4 Å². The first-order valence-corrected chi connectivity index (χ1v) is 10.0. The molecule has 0 radical (unpaired) electrons. The smallest absolute Gasteiger partial charge is 0.290 e. The van der Waals surface area contributed by atoms with Crippen molar-refractivity contribution in [3.63, 3.8) is 0 Å². The Kier molecular flexibility index (Phi) is 6.09. The molecule has 152 valence electrons. The maximum Gasteiger partial charge on any atom is 0.290 e. The average Bonchev–Trinajstić information content (AvgIpc) is 3.30. The molecule has 0 bridgehead atoms. The van der Waals surface area contributed by atoms with E-state index in [0.717, 1.165) is 6.54 Å². The summed E-state index contributed by atoms with van der Waals surface area (Å²) in [5.41, 5.74) is 0.480. The molecule has 3 rings (SSSR count). The van der Waals surface area contributed by atoms with Gasteiger partial charge in [-0.05, 0) is 29.1 Å². The molecule has 1 aliphatic heterocycles. The van der Waals surface area contributed by atoms with Gasteiger partial charge in [0.15, 0.2) is 5.76 Å². The van der Waals surface area contributed by atoms with Crippen LogP contribution in [0.2, 0.25) is 0 Å². The van der Waals surface area contributed by atoms with E-state index >= 15 is 0 Å². The zero-order valence-electron chi connectivity index (χ0n) is 16.1. The fourth-order valence-electron chi connectivity index (χ4n) is 3.38. The van der Waals surface area contributed by atoms with Gasteiger partial charge < -0.3 is 14.9 Å². The number of ketones is 1. The Labute approximate surface area is 171 Å². The van der Waals surface area contributed by atoms with Crippen molar-refractivity contribution in [2.24, 2.45) is 0 Å². The van der Waals surface area contributed by atoms with Crippen LogP contribution < -0.4 is 4.90 Å². The number of Topliss-reactive ketones (excluding diaryl/α,β-unsaturated/α-hetero) is 1. The van der Waals surface area contributed by atoms with Crippen molar-refractivity contribution in [2.45, 2.75) is 12.5 Å². The van der Waals surface area contributed by atoms with Crippen molar-refractivity contribution in [3.05, 3.63) is 73.7 Å². The van der Waals surface area contributed by atoms with Crippen LogP contribution in [0.25, 0.3) is 0 Å². The molecule has 8 nitrogen and oxygen atoms in total. The first-order valence-electron chi connectivity index (χ1n) is 9.17. The Morgan fingerprint density at radius 2 is 1.97 bits per heavy atom. The average molecular weight is 416 g/mol. The monoisotopic (exact) mass is 416 g/mol. The summed E-state index contributed by atoms with van der Waals surface area (Å²) in [7, 11) is 4.00. The van der Waals surface area contributed by atoms with Gasteiger partial charge in [0, 0.05) is 25.1 Å². The predicted octanol–water partition coefficient (Wildman–Crippen LogP) is 1.77. The summed E-state index contributed by atoms with van der Waals surface area (Å²) in [6.07, 6.45) is 0.686. The highest BCUT2D eigenvalue weighted by Crippen LogP contribution is 2.39. The highest BCUT2D eigenvalue weighted by Gasteiger charge is 2.43. The van der Waals surface area contributed by atoms with E-state index in [4.69, 9.17) is 0 Å². The maximum atomic E-state index is 13.1. The van der Waals surface area contributed by atoms with Crippen LogP contribution >= 0.6 is 11.3 Å². The number of carbonyl (C=O) groups is 2. The van der Waals surface area contributed by atoms with Gasteiger partial charge in [0.25, 0.3) is 11.6 Å². The van der Waals surface area contributed by atoms with Crippen molar-refractivity contribution in [2.75, 3.05) is 27.2 Å². The number of carbonyl (C=O) groups excluding carboxylic acids is 2. The molecule has 0 saturated heterocycles. The number of nitro groups is 1. The number of quaternary nitrogens is 1. The van der Waals surface area contributed by atoms with Gasteiger partial charge in [-0.3, -0.25) is 19.7 Å². The molecule has 0 aliphatic carbocycles. The van der Waals surface area contributed by atoms with Gasteiger partial charge in [0.05, 0.1) is 42.1 Å². The number of benzene rings is 1. The summed E-state index contributed by atoms with van der Waals surface area (Å²) in [5, 5.41) is 23.3. The third kappa shape index (κ3) is 4.20. The lowest BCUT2D eigenvalue weighted by atomic mass is 9.95. The van der Waals surface area contributed by atoms with E-state index in [1.54, 1.807) is 17.5 Å². The molecular weight excluding hydrogens is 394 g/mol. The number of nitrogens with zero attached hydrogens (tertiary/aromatic N) is 2. The van der Waals surface area contributed by atoms with E-state index in [9.17, 15) is 24.8 Å². The molecule has 1 amide bonds. The minimum atomic E-state index is -0.782. The SMILES string of the molecule is C[NH+](C)CCCN1C(=O)C(O)=C(C(=O)c2cccs2)[C@H]1c1ccc([N+](=O)[O-])cc1. The molecule has 9 heteroatoms. The van der Waals surface area contributed by atoms with Crippen LogP contribution in [0.1, 0.15) is 27.7 Å². The van der Waals surface area contributed by atoms with Crippen LogP contribution in [0.15, 0.2) is 53.1 Å². The van der Waals surface area contributed by atoms with Gasteiger partial charge in [-0.25, -0.2) is 0 Å². The number of aliphatic hydroxyl groups is 1. The molecule has 0 fully saturated rings. The zero-order valence-corrected chi connectivity index (χ0v) is 16.9. The Morgan fingerprint density at radius 3 is 2.52 bits per heavy atom. The lowest BCUT2D eigenvalue weighted by Crippen LogP contribution is -3.05. The second-order valence-electron chi connectivity index (χ2n) is 7.13. The van der Waals surface area contributed by atoms with E-state index in [2.05, 4.69) is 0 Å². The topological polar surface area (TPSA) is 105 Å². The van der Waals surface area contributed by atoms with Crippen LogP contribution in [0.4, 0.5) is 5.69 Å². The molecule has 0 unspecified atom stereocenters. The number of amides is 1. The van der Waals surface area contributed by atoms with E-state index in [-0.39, 0.29) is 11.3 Å². The number of hydrogen-bond acceptors (Lipinski definition) is 6. The van der Waals surface area contributed by atoms with Crippen molar-refractivity contribution in [1.29, 1.82) is 0 Å². The highest BCUT2D eigenvalue weighted by molar-refractivity contribution is 7.12. The van der Waals surface area contributed by atoms with Crippen LogP contribution in [-0.2, 0) is 4.79 Å². The Morgan fingerprint density at radius 1 is 1.28 bits per heavy atom. The lowest BCUT2D eigenvalue weighted by molar-refractivity contribution is -0.858. The first-order chi connectivity index (χ1) is 13.8. The van der Waals surface area contributed by atoms with Crippen molar-refractivity contribution < 1.29 is 24.5 Å². The second-order valence-corrected chi connectivity index (χ2v) is 8.08. The van der Waals surface area contributed by atoms with Crippen LogP contribution in [0, 0.1) is 10.1 Å². The highest BCUT2D eigenvalue weighted by atomic mass is 32.1. The molecular formula is C20H22N3O5S+.